The maximum Gasteiger partial charge on any atom is 0.238 e. The first-order chi connectivity index (χ1) is 36.3. The van der Waals surface area contributed by atoms with Crippen LogP contribution in [0.5, 0.6) is 0 Å². The molecule has 0 spiro atoms. The Hall–Kier alpha value is -5.54. The maximum atomic E-state index is 14.7. The van der Waals surface area contributed by atoms with Crippen molar-refractivity contribution in [1.29, 1.82) is 0 Å². The molecule has 4 aromatic rings. The van der Waals surface area contributed by atoms with E-state index < -0.39 is 23.1 Å². The fourth-order valence-electron chi connectivity index (χ4n) is 11.0. The summed E-state index contributed by atoms with van der Waals surface area (Å²) >= 11 is 0. The number of fused-ring (bicyclic) bond motifs is 4. The Morgan fingerprint density at radius 3 is 0.973 bits per heavy atom. The van der Waals surface area contributed by atoms with Crippen molar-refractivity contribution in [2.45, 2.75) is 213 Å². The van der Waals surface area contributed by atoms with Crippen LogP contribution in [0.3, 0.4) is 0 Å². The molecule has 0 fully saturated rings. The monoisotopic (exact) mass is 1010 g/mol. The summed E-state index contributed by atoms with van der Waals surface area (Å²) in [6, 6.07) is 19.7. The van der Waals surface area contributed by atoms with Gasteiger partial charge in [0.1, 0.15) is 0 Å². The van der Waals surface area contributed by atoms with E-state index in [2.05, 4.69) is 29.8 Å². The van der Waals surface area contributed by atoms with Crippen LogP contribution < -0.4 is 16.0 Å². The van der Waals surface area contributed by atoms with Gasteiger partial charge in [0.2, 0.25) is 11.8 Å². The molecule has 2 amide bonds. The van der Waals surface area contributed by atoms with Crippen LogP contribution >= 0.6 is 0 Å². The van der Waals surface area contributed by atoms with Crippen molar-refractivity contribution in [2.24, 2.45) is 0 Å². The summed E-state index contributed by atoms with van der Waals surface area (Å²) in [6.07, 6.45) is 37.9. The lowest BCUT2D eigenvalue weighted by molar-refractivity contribution is -0.116. The molecule has 0 bridgehead atoms. The highest BCUT2D eigenvalue weighted by Crippen LogP contribution is 2.44. The summed E-state index contributed by atoms with van der Waals surface area (Å²) in [5.74, 6) is -2.29. The number of rotatable bonds is 37. The van der Waals surface area contributed by atoms with E-state index in [9.17, 15) is 28.8 Å². The quantitative estimate of drug-likeness (QED) is 0.0330. The third kappa shape index (κ3) is 16.7. The smallest absolute Gasteiger partial charge is 0.238 e. The van der Waals surface area contributed by atoms with Gasteiger partial charge in [0, 0.05) is 39.8 Å². The summed E-state index contributed by atoms with van der Waals surface area (Å²) in [4.78, 5) is 85.2. The molecule has 0 aliphatic heterocycles. The van der Waals surface area contributed by atoms with E-state index in [1.165, 1.54) is 154 Å². The maximum absolute atomic E-state index is 14.7. The number of carbonyl (C=O) groups excluding carboxylic acids is 6. The second-order valence-electron chi connectivity index (χ2n) is 21.2. The zero-order valence-electron chi connectivity index (χ0n) is 45.2. The fraction of sp³-hybridized carbons (Fsp3) is 0.538. The molecule has 0 aromatic heterocycles. The molecule has 3 N–H and O–H groups in total. The van der Waals surface area contributed by atoms with Gasteiger partial charge in [-0.2, -0.15) is 0 Å². The van der Waals surface area contributed by atoms with Crippen molar-refractivity contribution in [1.82, 2.24) is 5.32 Å². The first-order valence-corrected chi connectivity index (χ1v) is 29.3. The van der Waals surface area contributed by atoms with Crippen molar-refractivity contribution < 1.29 is 28.8 Å². The summed E-state index contributed by atoms with van der Waals surface area (Å²) in [5, 5.41) is 9.12. The van der Waals surface area contributed by atoms with E-state index in [1.807, 2.05) is 0 Å². The van der Waals surface area contributed by atoms with Gasteiger partial charge in [-0.1, -0.05) is 254 Å². The molecule has 0 radical (unpaired) electrons. The van der Waals surface area contributed by atoms with E-state index in [0.717, 1.165) is 32.1 Å². The third-order valence-electron chi connectivity index (χ3n) is 15.2. The number of nitrogens with one attached hydrogen (secondary N) is 3. The highest BCUT2D eigenvalue weighted by atomic mass is 16.2. The minimum Gasteiger partial charge on any atom is -0.325 e. The minimum absolute atomic E-state index is 0.0316. The van der Waals surface area contributed by atoms with Crippen LogP contribution in [0, 0.1) is 0 Å². The Kier molecular flexibility index (Phi) is 25.0. The van der Waals surface area contributed by atoms with Crippen molar-refractivity contribution >= 4 is 46.3 Å². The van der Waals surface area contributed by atoms with Gasteiger partial charge in [-0.15, -0.1) is 0 Å². The molecule has 0 saturated carbocycles. The SMILES string of the molecule is CCCCCCCCCCCCCCCCCCC(=O)Nc1ccc(-c2ccc(NC(=O)CNCCCCCCCCCCCCCCCC)c3c2C(=O)c2ccccc2C3=O)c2c1C(=O)c1ccccc1C2=O. The lowest BCUT2D eigenvalue weighted by Crippen LogP contribution is -2.30. The Morgan fingerprint density at radius 2 is 0.622 bits per heavy atom. The first kappa shape index (κ1) is 57.7. The zero-order chi connectivity index (χ0) is 52.3. The Labute approximate surface area is 443 Å². The Bertz CT molecular complexity index is 2320. The average Bonchev–Trinajstić information content (AvgIpc) is 3.43. The molecule has 2 aliphatic carbocycles. The van der Waals surface area contributed by atoms with Crippen LogP contribution in [0.4, 0.5) is 11.4 Å². The predicted octanol–water partition coefficient (Wildman–Crippen LogP) is 16.5. The molecule has 398 valence electrons. The van der Waals surface area contributed by atoms with Gasteiger partial charge in [0.05, 0.1) is 29.0 Å². The van der Waals surface area contributed by atoms with Crippen LogP contribution in [0.1, 0.15) is 277 Å². The largest absolute Gasteiger partial charge is 0.325 e. The number of hydrogen-bond donors (Lipinski definition) is 3. The highest BCUT2D eigenvalue weighted by molar-refractivity contribution is 6.35. The molecule has 74 heavy (non-hydrogen) atoms. The molecule has 0 unspecified atom stereocenters. The van der Waals surface area contributed by atoms with E-state index in [4.69, 9.17) is 0 Å². The van der Waals surface area contributed by atoms with Crippen LogP contribution in [0.15, 0.2) is 72.8 Å². The van der Waals surface area contributed by atoms with Gasteiger partial charge < -0.3 is 16.0 Å². The van der Waals surface area contributed by atoms with Gasteiger partial charge in [-0.25, -0.2) is 0 Å². The molecule has 2 aliphatic rings. The van der Waals surface area contributed by atoms with Gasteiger partial charge in [0.15, 0.2) is 23.1 Å². The zero-order valence-corrected chi connectivity index (χ0v) is 45.2. The van der Waals surface area contributed by atoms with Gasteiger partial charge in [-0.3, -0.25) is 28.8 Å². The van der Waals surface area contributed by atoms with Gasteiger partial charge >= 0.3 is 0 Å². The van der Waals surface area contributed by atoms with E-state index >= 15 is 0 Å². The summed E-state index contributed by atoms with van der Waals surface area (Å²) in [7, 11) is 0. The van der Waals surface area contributed by atoms with Gasteiger partial charge in [0.25, 0.3) is 0 Å². The van der Waals surface area contributed by atoms with Gasteiger partial charge in [-0.05, 0) is 42.6 Å². The minimum atomic E-state index is -0.433. The molecule has 6 rings (SSSR count). The predicted molar refractivity (Wildman–Crippen MR) is 303 cm³/mol. The van der Waals surface area contributed by atoms with Crippen molar-refractivity contribution in [3.8, 4) is 11.1 Å². The summed E-state index contributed by atoms with van der Waals surface area (Å²) < 4.78 is 0. The normalized spacial score (nSPS) is 12.6. The summed E-state index contributed by atoms with van der Waals surface area (Å²) in [5.41, 5.74) is 2.06. The average molecular weight is 1010 g/mol. The molecule has 4 aromatic carbocycles. The topological polar surface area (TPSA) is 139 Å². The van der Waals surface area contributed by atoms with Crippen LogP contribution in [-0.2, 0) is 9.59 Å². The first-order valence-electron chi connectivity index (χ1n) is 29.3. The third-order valence-corrected chi connectivity index (χ3v) is 15.2. The van der Waals surface area contributed by atoms with Crippen LogP contribution in [-0.4, -0.2) is 48.0 Å². The Balaban J connectivity index is 1.07. The number of ketones is 4. The number of carbonyl (C=O) groups is 6. The van der Waals surface area contributed by atoms with E-state index in [-0.39, 0.29) is 91.8 Å². The van der Waals surface area contributed by atoms with E-state index in [0.29, 0.717) is 13.0 Å². The van der Waals surface area contributed by atoms with Crippen molar-refractivity contribution in [2.75, 3.05) is 23.7 Å². The lowest BCUT2D eigenvalue weighted by atomic mass is 9.75. The molecule has 0 heterocycles. The molecule has 0 atom stereocenters. The van der Waals surface area contributed by atoms with Crippen LogP contribution in [0.2, 0.25) is 0 Å². The van der Waals surface area contributed by atoms with E-state index in [1.54, 1.807) is 72.8 Å². The number of unbranched alkanes of at least 4 members (excludes halogenated alkanes) is 28. The number of hydrogen-bond acceptors (Lipinski definition) is 7. The highest BCUT2D eigenvalue weighted by Gasteiger charge is 2.38. The van der Waals surface area contributed by atoms with Crippen molar-refractivity contribution in [3.05, 3.63) is 117 Å². The lowest BCUT2D eigenvalue weighted by Gasteiger charge is -2.26. The molecular weight excluding hydrogens is 919 g/mol. The second kappa shape index (κ2) is 32.0. The number of benzene rings is 4. The molecule has 9 heteroatoms. The molecule has 0 saturated heterocycles. The Morgan fingerprint density at radius 1 is 0.324 bits per heavy atom. The number of anilines is 2. The fourth-order valence-corrected chi connectivity index (χ4v) is 11.0. The number of amides is 2. The summed E-state index contributed by atoms with van der Waals surface area (Å²) in [6.45, 7) is 5.24. The van der Waals surface area contributed by atoms with Crippen molar-refractivity contribution in [3.63, 3.8) is 0 Å². The van der Waals surface area contributed by atoms with Crippen LogP contribution in [0.25, 0.3) is 11.1 Å². The molecule has 9 nitrogen and oxygen atoms in total. The standard InChI is InChI=1S/C65H87N3O6/c1-3-5-7-9-11-13-15-17-19-20-21-23-25-27-29-31-41-56(69)67-54-44-42-48(58-60(54)64(73)52-39-34-32-37-50(52)62(58)71)49-43-45-55(61-59(49)63(72)51-38-33-35-40-53(51)65(61)74)68-57(70)47-66-46-36-30-28-26-24-22-18-16-14-12-10-8-6-4-2/h32-35,37-40,42-45,66H,3-31,36,41,46-47H2,1-2H3,(H,67,69)(H,68,70). The molecular formula is C65H87N3O6. The second-order valence-corrected chi connectivity index (χ2v) is 21.2.